The van der Waals surface area contributed by atoms with Gasteiger partial charge in [0.25, 0.3) is 10.0 Å². The van der Waals surface area contributed by atoms with Gasteiger partial charge in [-0.1, -0.05) is 52.3 Å². The molecular weight excluding hydrogens is 452 g/mol. The topological polar surface area (TPSA) is 66.5 Å². The van der Waals surface area contributed by atoms with Gasteiger partial charge in [0.2, 0.25) is 5.91 Å². The molecule has 29 heavy (non-hydrogen) atoms. The van der Waals surface area contributed by atoms with Crippen LogP contribution in [0.25, 0.3) is 11.1 Å². The summed E-state index contributed by atoms with van der Waals surface area (Å²) in [6, 6.07) is 18.0. The first-order valence-corrected chi connectivity index (χ1v) is 11.3. The molecule has 0 saturated heterocycles. The monoisotopic (exact) mass is 470 g/mol. The number of carbonyl (C=O) groups is 1. The van der Waals surface area contributed by atoms with Crippen molar-refractivity contribution >= 4 is 43.2 Å². The van der Waals surface area contributed by atoms with E-state index in [-0.39, 0.29) is 17.3 Å². The van der Waals surface area contributed by atoms with Gasteiger partial charge in [-0.05, 0) is 49.2 Å². The molecule has 1 N–H and O–H groups in total. The quantitative estimate of drug-likeness (QED) is 0.592. The van der Waals surface area contributed by atoms with Gasteiger partial charge in [-0.25, -0.2) is 8.42 Å². The summed E-state index contributed by atoms with van der Waals surface area (Å²) in [7, 11) is -3.86. The van der Waals surface area contributed by atoms with Crippen LogP contribution >= 0.6 is 15.9 Å². The minimum absolute atomic E-state index is 0.200. The second-order valence-corrected chi connectivity index (χ2v) is 9.73. The molecule has 148 valence electrons. The molecule has 0 aliphatic carbocycles. The third kappa shape index (κ3) is 3.45. The molecule has 0 radical (unpaired) electrons. The predicted octanol–water partition coefficient (Wildman–Crippen LogP) is 4.88. The van der Waals surface area contributed by atoms with Crippen LogP contribution in [0.2, 0.25) is 0 Å². The molecule has 0 saturated carbocycles. The van der Waals surface area contributed by atoms with Crippen molar-refractivity contribution in [2.24, 2.45) is 0 Å². The zero-order valence-electron chi connectivity index (χ0n) is 15.9. The lowest BCUT2D eigenvalue weighted by Gasteiger charge is -2.31. The Kier molecular flexibility index (Phi) is 4.96. The number of aryl methyl sites for hydroxylation is 2. The maximum Gasteiger partial charge on any atom is 0.265 e. The number of fused-ring (bicyclic) bond motifs is 3. The van der Waals surface area contributed by atoms with Gasteiger partial charge in [0.15, 0.2) is 0 Å². The molecule has 0 bridgehead atoms. The number of sulfonamides is 1. The molecular formula is C22H19BrN2O3S. The molecule has 3 aromatic carbocycles. The summed E-state index contributed by atoms with van der Waals surface area (Å²) in [4.78, 5) is 13.0. The van der Waals surface area contributed by atoms with Crippen LogP contribution in [0, 0.1) is 13.8 Å². The van der Waals surface area contributed by atoms with E-state index in [0.717, 1.165) is 21.2 Å². The Morgan fingerprint density at radius 1 is 0.966 bits per heavy atom. The Morgan fingerprint density at radius 3 is 2.38 bits per heavy atom. The highest BCUT2D eigenvalue weighted by Crippen LogP contribution is 2.43. The number of carbonyl (C=O) groups excluding carboxylic acids is 1. The summed E-state index contributed by atoms with van der Waals surface area (Å²) in [5.74, 6) is -0.390. The SMILES string of the molecule is Cc1cccc(C)c1NC(=O)CN1c2ccc(Br)cc2-c2ccccc2S1(=O)=O. The van der Waals surface area contributed by atoms with Crippen molar-refractivity contribution in [1.82, 2.24) is 0 Å². The average molecular weight is 471 g/mol. The highest BCUT2D eigenvalue weighted by molar-refractivity contribution is 9.10. The van der Waals surface area contributed by atoms with Gasteiger partial charge in [-0.3, -0.25) is 9.10 Å². The molecule has 5 nitrogen and oxygen atoms in total. The fourth-order valence-electron chi connectivity index (χ4n) is 3.59. The predicted molar refractivity (Wildman–Crippen MR) is 119 cm³/mol. The fraction of sp³-hybridized carbons (Fsp3) is 0.136. The van der Waals surface area contributed by atoms with Crippen LogP contribution in [0.1, 0.15) is 11.1 Å². The highest BCUT2D eigenvalue weighted by atomic mass is 79.9. The van der Waals surface area contributed by atoms with E-state index < -0.39 is 10.0 Å². The minimum Gasteiger partial charge on any atom is -0.324 e. The Labute approximate surface area is 178 Å². The van der Waals surface area contributed by atoms with Crippen LogP contribution in [0.3, 0.4) is 0 Å². The summed E-state index contributed by atoms with van der Waals surface area (Å²) in [5.41, 5.74) is 4.45. The first-order chi connectivity index (χ1) is 13.8. The number of para-hydroxylation sites is 1. The molecule has 0 aromatic heterocycles. The van der Waals surface area contributed by atoms with Crippen molar-refractivity contribution in [3.63, 3.8) is 0 Å². The maximum absolute atomic E-state index is 13.3. The van der Waals surface area contributed by atoms with Gasteiger partial charge < -0.3 is 5.32 Å². The van der Waals surface area contributed by atoms with E-state index in [1.54, 1.807) is 30.3 Å². The molecule has 3 aromatic rings. The first-order valence-electron chi connectivity index (χ1n) is 9.07. The second-order valence-electron chi connectivity index (χ2n) is 6.98. The molecule has 1 amide bonds. The lowest BCUT2D eigenvalue weighted by atomic mass is 10.0. The molecule has 1 aliphatic rings. The Bertz CT molecular complexity index is 1220. The van der Waals surface area contributed by atoms with Gasteiger partial charge in [-0.2, -0.15) is 0 Å². The first kappa shape index (κ1) is 19.7. The number of anilines is 2. The molecule has 4 rings (SSSR count). The summed E-state index contributed by atoms with van der Waals surface area (Å²) >= 11 is 3.45. The fourth-order valence-corrected chi connectivity index (χ4v) is 5.61. The zero-order valence-corrected chi connectivity index (χ0v) is 18.3. The van der Waals surface area contributed by atoms with E-state index in [0.29, 0.717) is 16.9 Å². The highest BCUT2D eigenvalue weighted by Gasteiger charge is 2.36. The molecule has 0 atom stereocenters. The number of nitrogens with one attached hydrogen (secondary N) is 1. The van der Waals surface area contributed by atoms with E-state index in [4.69, 9.17) is 0 Å². The Hall–Kier alpha value is -2.64. The van der Waals surface area contributed by atoms with Gasteiger partial charge in [0.05, 0.1) is 10.6 Å². The summed E-state index contributed by atoms with van der Waals surface area (Å²) in [6.45, 7) is 3.51. The van der Waals surface area contributed by atoms with Crippen LogP contribution in [0.15, 0.2) is 70.0 Å². The number of amides is 1. The van der Waals surface area contributed by atoms with Crippen LogP contribution in [0.5, 0.6) is 0 Å². The van der Waals surface area contributed by atoms with E-state index in [9.17, 15) is 13.2 Å². The van der Waals surface area contributed by atoms with Crippen molar-refractivity contribution in [2.45, 2.75) is 18.7 Å². The maximum atomic E-state index is 13.3. The van der Waals surface area contributed by atoms with Crippen molar-refractivity contribution < 1.29 is 13.2 Å². The third-order valence-corrected chi connectivity index (χ3v) is 7.32. The molecule has 0 fully saturated rings. The molecule has 0 unspecified atom stereocenters. The lowest BCUT2D eigenvalue weighted by Crippen LogP contribution is -2.40. The number of benzene rings is 3. The summed E-state index contributed by atoms with van der Waals surface area (Å²) < 4.78 is 28.6. The smallest absolute Gasteiger partial charge is 0.265 e. The van der Waals surface area contributed by atoms with Crippen molar-refractivity contribution in [1.29, 1.82) is 0 Å². The van der Waals surface area contributed by atoms with Gasteiger partial charge in [0.1, 0.15) is 6.54 Å². The van der Waals surface area contributed by atoms with Crippen LogP contribution < -0.4 is 9.62 Å². The van der Waals surface area contributed by atoms with E-state index in [1.807, 2.05) is 44.2 Å². The molecule has 7 heteroatoms. The summed E-state index contributed by atoms with van der Waals surface area (Å²) in [5, 5.41) is 2.88. The van der Waals surface area contributed by atoms with E-state index in [2.05, 4.69) is 21.2 Å². The number of hydrogen-bond acceptors (Lipinski definition) is 3. The lowest BCUT2D eigenvalue weighted by molar-refractivity contribution is -0.114. The number of hydrogen-bond donors (Lipinski definition) is 1. The van der Waals surface area contributed by atoms with Gasteiger partial charge in [0, 0.05) is 21.3 Å². The Balaban J connectivity index is 1.75. The normalized spacial score (nSPS) is 14.1. The van der Waals surface area contributed by atoms with Crippen LogP contribution in [-0.2, 0) is 14.8 Å². The summed E-state index contributed by atoms with van der Waals surface area (Å²) in [6.07, 6.45) is 0. The van der Waals surface area contributed by atoms with E-state index in [1.165, 1.54) is 4.31 Å². The minimum atomic E-state index is -3.86. The largest absolute Gasteiger partial charge is 0.324 e. The standard InChI is InChI=1S/C22H19BrN2O3S/c1-14-6-5-7-15(2)22(14)24-21(26)13-25-19-11-10-16(23)12-18(19)17-8-3-4-9-20(17)29(25,27)28/h3-12H,13H2,1-2H3,(H,24,26). The molecule has 0 spiro atoms. The Morgan fingerprint density at radius 2 is 1.66 bits per heavy atom. The number of nitrogens with zero attached hydrogens (tertiary/aromatic N) is 1. The number of halogens is 1. The van der Waals surface area contributed by atoms with Crippen LogP contribution in [-0.4, -0.2) is 20.9 Å². The van der Waals surface area contributed by atoms with Crippen molar-refractivity contribution in [3.8, 4) is 11.1 Å². The van der Waals surface area contributed by atoms with Crippen molar-refractivity contribution in [2.75, 3.05) is 16.2 Å². The van der Waals surface area contributed by atoms with E-state index >= 15 is 0 Å². The van der Waals surface area contributed by atoms with Crippen LogP contribution in [0.4, 0.5) is 11.4 Å². The second kappa shape index (κ2) is 7.31. The average Bonchev–Trinajstić information content (AvgIpc) is 2.68. The third-order valence-electron chi connectivity index (χ3n) is 5.01. The zero-order chi connectivity index (χ0) is 20.8. The van der Waals surface area contributed by atoms with Gasteiger partial charge in [-0.15, -0.1) is 0 Å². The molecule has 1 aliphatic heterocycles. The molecule has 1 heterocycles. The van der Waals surface area contributed by atoms with Crippen molar-refractivity contribution in [3.05, 3.63) is 76.3 Å². The number of rotatable bonds is 3. The van der Waals surface area contributed by atoms with Gasteiger partial charge >= 0.3 is 0 Å².